The van der Waals surface area contributed by atoms with Crippen molar-refractivity contribution in [2.45, 2.75) is 11.7 Å². The van der Waals surface area contributed by atoms with Gasteiger partial charge in [-0.05, 0) is 29.8 Å². The number of carbonyl (C=O) groups excluding carboxylic acids is 1. The summed E-state index contributed by atoms with van der Waals surface area (Å²) in [6, 6.07) is 16.6. The van der Waals surface area contributed by atoms with Crippen molar-refractivity contribution in [2.24, 2.45) is 0 Å². The van der Waals surface area contributed by atoms with E-state index in [1.54, 1.807) is 7.11 Å². The number of thioether (sulfide) groups is 1. The fourth-order valence-electron chi connectivity index (χ4n) is 2.94. The normalized spacial score (nSPS) is 10.7. The standard InChI is InChI=1S/C22H19N5O3S/c1-30-17-9-7-15(8-10-17)13-27-21(29)19-20(24-12-11-23-19)26-22(27)31-14-18(28)25-16-5-3-2-4-6-16/h2-12H,13-14H2,1H3,(H,25,28). The Morgan fingerprint density at radius 1 is 1.06 bits per heavy atom. The zero-order valence-electron chi connectivity index (χ0n) is 16.7. The molecule has 4 aromatic rings. The Morgan fingerprint density at radius 3 is 2.55 bits per heavy atom. The molecule has 0 aliphatic rings. The van der Waals surface area contributed by atoms with Crippen LogP contribution < -0.4 is 15.6 Å². The third-order valence-electron chi connectivity index (χ3n) is 4.45. The first kappa shape index (κ1) is 20.5. The van der Waals surface area contributed by atoms with Crippen molar-refractivity contribution in [2.75, 3.05) is 18.2 Å². The summed E-state index contributed by atoms with van der Waals surface area (Å²) in [4.78, 5) is 38.3. The maximum atomic E-state index is 13.1. The number of hydrogen-bond acceptors (Lipinski definition) is 7. The molecule has 1 amide bonds. The predicted molar refractivity (Wildman–Crippen MR) is 119 cm³/mol. The summed E-state index contributed by atoms with van der Waals surface area (Å²) in [6.45, 7) is 0.283. The average molecular weight is 433 g/mol. The van der Waals surface area contributed by atoms with Gasteiger partial charge in [-0.3, -0.25) is 14.2 Å². The molecule has 2 heterocycles. The lowest BCUT2D eigenvalue weighted by molar-refractivity contribution is -0.113. The summed E-state index contributed by atoms with van der Waals surface area (Å²) in [6.07, 6.45) is 2.95. The number of anilines is 1. The smallest absolute Gasteiger partial charge is 0.282 e. The van der Waals surface area contributed by atoms with Crippen molar-refractivity contribution in [3.05, 3.63) is 82.9 Å². The SMILES string of the molecule is COc1ccc(Cn2c(SCC(=O)Nc3ccccc3)nc3nccnc3c2=O)cc1. The lowest BCUT2D eigenvalue weighted by atomic mass is 10.2. The third kappa shape index (κ3) is 4.89. The van der Waals surface area contributed by atoms with E-state index in [1.807, 2.05) is 54.6 Å². The van der Waals surface area contributed by atoms with Crippen LogP contribution in [0.2, 0.25) is 0 Å². The predicted octanol–water partition coefficient (Wildman–Crippen LogP) is 2.97. The number of methoxy groups -OCH3 is 1. The number of aromatic nitrogens is 4. The Kier molecular flexibility index (Phi) is 6.23. The van der Waals surface area contributed by atoms with Gasteiger partial charge in [-0.15, -0.1) is 0 Å². The topological polar surface area (TPSA) is 99.0 Å². The van der Waals surface area contributed by atoms with Gasteiger partial charge in [0.05, 0.1) is 19.4 Å². The maximum Gasteiger partial charge on any atom is 0.282 e. The molecule has 0 fully saturated rings. The number of rotatable bonds is 7. The first-order chi connectivity index (χ1) is 15.1. The molecule has 0 bridgehead atoms. The van der Waals surface area contributed by atoms with E-state index in [-0.39, 0.29) is 34.9 Å². The van der Waals surface area contributed by atoms with Gasteiger partial charge in [-0.25, -0.2) is 15.0 Å². The summed E-state index contributed by atoms with van der Waals surface area (Å²) in [5.74, 6) is 0.627. The highest BCUT2D eigenvalue weighted by Gasteiger charge is 2.15. The molecule has 0 atom stereocenters. The number of nitrogens with zero attached hydrogens (tertiary/aromatic N) is 4. The molecule has 0 aliphatic heterocycles. The molecule has 4 rings (SSSR count). The van der Waals surface area contributed by atoms with Crippen molar-refractivity contribution >= 4 is 34.5 Å². The number of ether oxygens (including phenoxy) is 1. The zero-order valence-corrected chi connectivity index (χ0v) is 17.5. The Labute approximate surface area is 182 Å². The lowest BCUT2D eigenvalue weighted by Gasteiger charge is -2.13. The molecule has 0 radical (unpaired) electrons. The van der Waals surface area contributed by atoms with Crippen LogP contribution in [0.3, 0.4) is 0 Å². The number of benzene rings is 2. The molecule has 2 aromatic heterocycles. The van der Waals surface area contributed by atoms with Gasteiger partial charge in [-0.1, -0.05) is 42.1 Å². The van der Waals surface area contributed by atoms with Crippen LogP contribution >= 0.6 is 11.8 Å². The van der Waals surface area contributed by atoms with Crippen LogP contribution in [0, 0.1) is 0 Å². The molecule has 156 valence electrons. The summed E-state index contributed by atoms with van der Waals surface area (Å²) in [5.41, 5.74) is 1.74. The number of hydrogen-bond donors (Lipinski definition) is 1. The van der Waals surface area contributed by atoms with Crippen molar-refractivity contribution in [3.8, 4) is 5.75 Å². The second kappa shape index (κ2) is 9.40. The van der Waals surface area contributed by atoms with Gasteiger partial charge in [0.25, 0.3) is 5.56 Å². The second-order valence-electron chi connectivity index (χ2n) is 6.57. The molecule has 9 heteroatoms. The third-order valence-corrected chi connectivity index (χ3v) is 5.43. The molecule has 2 aromatic carbocycles. The molecule has 8 nitrogen and oxygen atoms in total. The van der Waals surface area contributed by atoms with Gasteiger partial charge in [-0.2, -0.15) is 0 Å². The highest BCUT2D eigenvalue weighted by molar-refractivity contribution is 7.99. The Hall–Kier alpha value is -3.72. The van der Waals surface area contributed by atoms with E-state index in [2.05, 4.69) is 20.3 Å². The number of carbonyl (C=O) groups is 1. The molecule has 31 heavy (non-hydrogen) atoms. The van der Waals surface area contributed by atoms with Crippen LogP contribution in [0.25, 0.3) is 11.2 Å². The van der Waals surface area contributed by atoms with Gasteiger partial charge in [0, 0.05) is 18.1 Å². The van der Waals surface area contributed by atoms with Crippen molar-refractivity contribution in [3.63, 3.8) is 0 Å². The number of amides is 1. The van der Waals surface area contributed by atoms with Gasteiger partial charge in [0.2, 0.25) is 5.91 Å². The van der Waals surface area contributed by atoms with E-state index >= 15 is 0 Å². The fraction of sp³-hybridized carbons (Fsp3) is 0.136. The van der Waals surface area contributed by atoms with Gasteiger partial charge < -0.3 is 10.1 Å². The Bertz CT molecular complexity index is 1260. The maximum absolute atomic E-state index is 13.1. The lowest BCUT2D eigenvalue weighted by Crippen LogP contribution is -2.25. The fourth-order valence-corrected chi connectivity index (χ4v) is 3.73. The van der Waals surface area contributed by atoms with Crippen molar-refractivity contribution in [1.82, 2.24) is 19.5 Å². The minimum absolute atomic E-state index is 0.0930. The van der Waals surface area contributed by atoms with Gasteiger partial charge in [0.15, 0.2) is 16.3 Å². The molecule has 0 saturated heterocycles. The van der Waals surface area contributed by atoms with Crippen LogP contribution in [-0.4, -0.2) is 38.3 Å². The number of fused-ring (bicyclic) bond motifs is 1. The first-order valence-electron chi connectivity index (χ1n) is 9.46. The summed E-state index contributed by atoms with van der Waals surface area (Å²) < 4.78 is 6.70. The quantitative estimate of drug-likeness (QED) is 0.353. The van der Waals surface area contributed by atoms with Crippen LogP contribution in [0.1, 0.15) is 5.56 Å². The number of para-hydroxylation sites is 1. The molecule has 1 N–H and O–H groups in total. The van der Waals surface area contributed by atoms with E-state index < -0.39 is 0 Å². The minimum Gasteiger partial charge on any atom is -0.497 e. The average Bonchev–Trinajstić information content (AvgIpc) is 2.81. The molecular formula is C22H19N5O3S. The largest absolute Gasteiger partial charge is 0.497 e. The Morgan fingerprint density at radius 2 is 1.81 bits per heavy atom. The van der Waals surface area contributed by atoms with E-state index in [9.17, 15) is 9.59 Å². The monoisotopic (exact) mass is 433 g/mol. The van der Waals surface area contributed by atoms with Crippen molar-refractivity contribution in [1.29, 1.82) is 0 Å². The van der Waals surface area contributed by atoms with Crippen LogP contribution in [0.5, 0.6) is 5.75 Å². The number of nitrogens with one attached hydrogen (secondary N) is 1. The van der Waals surface area contributed by atoms with Crippen LogP contribution in [0.15, 0.2) is 76.9 Å². The van der Waals surface area contributed by atoms with Gasteiger partial charge >= 0.3 is 0 Å². The summed E-state index contributed by atoms with van der Waals surface area (Å²) >= 11 is 1.18. The summed E-state index contributed by atoms with van der Waals surface area (Å²) in [7, 11) is 1.60. The zero-order chi connectivity index (χ0) is 21.6. The highest BCUT2D eigenvalue weighted by atomic mass is 32.2. The highest BCUT2D eigenvalue weighted by Crippen LogP contribution is 2.19. The van der Waals surface area contributed by atoms with E-state index in [0.29, 0.717) is 10.8 Å². The Balaban J connectivity index is 1.61. The van der Waals surface area contributed by atoms with E-state index in [1.165, 1.54) is 28.7 Å². The van der Waals surface area contributed by atoms with Crippen molar-refractivity contribution < 1.29 is 9.53 Å². The minimum atomic E-state index is -0.306. The van der Waals surface area contributed by atoms with E-state index in [4.69, 9.17) is 4.74 Å². The summed E-state index contributed by atoms with van der Waals surface area (Å²) in [5, 5.41) is 3.23. The molecular weight excluding hydrogens is 414 g/mol. The second-order valence-corrected chi connectivity index (χ2v) is 7.51. The first-order valence-corrected chi connectivity index (χ1v) is 10.4. The molecule has 0 saturated carbocycles. The molecule has 0 spiro atoms. The van der Waals surface area contributed by atoms with Crippen LogP contribution in [0.4, 0.5) is 5.69 Å². The molecule has 0 aliphatic carbocycles. The molecule has 0 unspecified atom stereocenters. The van der Waals surface area contributed by atoms with Crippen LogP contribution in [-0.2, 0) is 11.3 Å². The van der Waals surface area contributed by atoms with Gasteiger partial charge in [0.1, 0.15) is 5.75 Å². The van der Waals surface area contributed by atoms with E-state index in [0.717, 1.165) is 11.3 Å².